The molecular weight excluding hydrogens is 639 g/mol. The van der Waals surface area contributed by atoms with Gasteiger partial charge in [0.2, 0.25) is 0 Å². The van der Waals surface area contributed by atoms with E-state index in [1.807, 2.05) is 23.7 Å². The molecule has 8 aromatic carbocycles. The number of para-hydroxylation sites is 2. The van der Waals surface area contributed by atoms with Crippen molar-refractivity contribution in [1.29, 1.82) is 0 Å². The van der Waals surface area contributed by atoms with Gasteiger partial charge in [0.05, 0.1) is 22.1 Å². The summed E-state index contributed by atoms with van der Waals surface area (Å²) in [7, 11) is 0. The van der Waals surface area contributed by atoms with Crippen LogP contribution in [0.1, 0.15) is 0 Å². The molecule has 0 unspecified atom stereocenters. The number of aromatic nitrogens is 3. The molecule has 4 aromatic heterocycles. The van der Waals surface area contributed by atoms with Crippen LogP contribution >= 0.6 is 11.3 Å². The minimum atomic E-state index is 1.14. The lowest BCUT2D eigenvalue weighted by atomic mass is 9.90. The number of pyridine rings is 1. The largest absolute Gasteiger partial charge is 0.309 e. The molecule has 0 aliphatic heterocycles. The van der Waals surface area contributed by atoms with Crippen LogP contribution in [0.4, 0.5) is 0 Å². The third-order valence-corrected chi connectivity index (χ3v) is 12.1. The first-order valence-corrected chi connectivity index (χ1v) is 18.2. The van der Waals surface area contributed by atoms with E-state index in [1.54, 1.807) is 0 Å². The van der Waals surface area contributed by atoms with Crippen molar-refractivity contribution in [3.8, 4) is 11.4 Å². The third kappa shape index (κ3) is 3.54. The lowest BCUT2D eigenvalue weighted by Gasteiger charge is -2.15. The number of hydrogen-bond donors (Lipinski definition) is 0. The second kappa shape index (κ2) is 10.0. The summed E-state index contributed by atoms with van der Waals surface area (Å²) >= 11 is 1.93. The molecule has 51 heavy (non-hydrogen) atoms. The topological polar surface area (TPSA) is 22.8 Å². The van der Waals surface area contributed by atoms with E-state index in [1.165, 1.54) is 79.7 Å². The average molecular weight is 666 g/mol. The second-order valence-electron chi connectivity index (χ2n) is 13.5. The van der Waals surface area contributed by atoms with Crippen molar-refractivity contribution in [2.75, 3.05) is 0 Å². The number of fused-ring (bicyclic) bond motifs is 18. The molecule has 0 bridgehead atoms. The molecule has 12 aromatic rings. The van der Waals surface area contributed by atoms with Gasteiger partial charge in [-0.25, -0.2) is 0 Å². The summed E-state index contributed by atoms with van der Waals surface area (Å²) in [5, 5.41) is 15.5. The highest BCUT2D eigenvalue weighted by Crippen LogP contribution is 2.51. The van der Waals surface area contributed by atoms with Crippen LogP contribution < -0.4 is 0 Å². The number of rotatable bonds is 2. The highest BCUT2D eigenvalue weighted by molar-refractivity contribution is 7.27. The van der Waals surface area contributed by atoms with Gasteiger partial charge in [-0.2, -0.15) is 0 Å². The number of nitrogens with zero attached hydrogens (tertiary/aromatic N) is 3. The van der Waals surface area contributed by atoms with Crippen LogP contribution in [-0.4, -0.2) is 14.1 Å². The molecule has 0 fully saturated rings. The van der Waals surface area contributed by atoms with Gasteiger partial charge in [0.25, 0.3) is 0 Å². The molecule has 0 saturated carbocycles. The van der Waals surface area contributed by atoms with Crippen molar-refractivity contribution in [3.05, 3.63) is 164 Å². The Labute approximate surface area is 295 Å². The standard InChI is InChI=1S/C47H27N3S/c1-2-12-28(13-3-1)49-39-24-25-48-27-37(39)30-23-22-29(26-40(30)49)50-38-20-10-8-18-35(38)44-43-32-15-5-4-14-31(32)42-36-19-9-11-21-41(36)51-47(42)45(43)33-16-6-7-17-34(33)46(44)50/h1-27H. The van der Waals surface area contributed by atoms with Crippen LogP contribution in [0.25, 0.3) is 107 Å². The molecule has 0 aliphatic carbocycles. The molecular formula is C47H27N3S. The predicted molar refractivity (Wildman–Crippen MR) is 218 cm³/mol. The maximum atomic E-state index is 4.53. The van der Waals surface area contributed by atoms with Crippen molar-refractivity contribution in [1.82, 2.24) is 14.1 Å². The number of thiophene rings is 1. The zero-order valence-corrected chi connectivity index (χ0v) is 28.2. The Morgan fingerprint density at radius 1 is 0.392 bits per heavy atom. The summed E-state index contributed by atoms with van der Waals surface area (Å²) in [5.74, 6) is 0. The van der Waals surface area contributed by atoms with Crippen molar-refractivity contribution >= 4 is 107 Å². The molecule has 0 aliphatic rings. The van der Waals surface area contributed by atoms with Gasteiger partial charge in [-0.1, -0.05) is 109 Å². The van der Waals surface area contributed by atoms with Gasteiger partial charge >= 0.3 is 0 Å². The predicted octanol–water partition coefficient (Wildman–Crippen LogP) is 13.1. The Hall–Kier alpha value is -6.49. The smallest absolute Gasteiger partial charge is 0.0626 e. The lowest BCUT2D eigenvalue weighted by Crippen LogP contribution is -1.97. The molecule has 0 saturated heterocycles. The summed E-state index contributed by atoms with van der Waals surface area (Å²) in [4.78, 5) is 4.53. The normalized spacial score (nSPS) is 12.3. The highest BCUT2D eigenvalue weighted by Gasteiger charge is 2.24. The van der Waals surface area contributed by atoms with E-state index in [0.717, 1.165) is 27.8 Å². The molecule has 12 rings (SSSR count). The minimum absolute atomic E-state index is 1.14. The molecule has 0 radical (unpaired) electrons. The Kier molecular flexibility index (Phi) is 5.38. The molecule has 236 valence electrons. The Morgan fingerprint density at radius 3 is 1.86 bits per heavy atom. The fourth-order valence-corrected chi connectivity index (χ4v) is 10.2. The van der Waals surface area contributed by atoms with Gasteiger partial charge < -0.3 is 9.13 Å². The first-order valence-electron chi connectivity index (χ1n) is 17.4. The first-order chi connectivity index (χ1) is 25.3. The summed E-state index contributed by atoms with van der Waals surface area (Å²) in [6, 6.07) is 55.7. The van der Waals surface area contributed by atoms with E-state index in [9.17, 15) is 0 Å². The highest BCUT2D eigenvalue weighted by atomic mass is 32.1. The molecule has 4 heteroatoms. The van der Waals surface area contributed by atoms with Gasteiger partial charge in [-0.05, 0) is 58.6 Å². The fourth-order valence-electron chi connectivity index (χ4n) is 8.94. The summed E-state index contributed by atoms with van der Waals surface area (Å²) in [6.07, 6.45) is 3.89. The Balaban J connectivity index is 1.32. The van der Waals surface area contributed by atoms with Crippen LogP contribution in [-0.2, 0) is 0 Å². The summed E-state index contributed by atoms with van der Waals surface area (Å²) < 4.78 is 7.58. The third-order valence-electron chi connectivity index (χ3n) is 10.9. The van der Waals surface area contributed by atoms with Gasteiger partial charge in [0, 0.05) is 81.6 Å². The maximum absolute atomic E-state index is 4.53. The summed E-state index contributed by atoms with van der Waals surface area (Å²) in [6.45, 7) is 0. The van der Waals surface area contributed by atoms with Crippen molar-refractivity contribution in [2.24, 2.45) is 0 Å². The zero-order valence-electron chi connectivity index (χ0n) is 27.3. The second-order valence-corrected chi connectivity index (χ2v) is 14.5. The van der Waals surface area contributed by atoms with Crippen LogP contribution in [0.2, 0.25) is 0 Å². The molecule has 4 heterocycles. The Morgan fingerprint density at radius 2 is 1.04 bits per heavy atom. The van der Waals surface area contributed by atoms with E-state index in [2.05, 4.69) is 166 Å². The van der Waals surface area contributed by atoms with Crippen LogP contribution in [0.15, 0.2) is 164 Å². The van der Waals surface area contributed by atoms with Gasteiger partial charge in [-0.15, -0.1) is 11.3 Å². The van der Waals surface area contributed by atoms with E-state index in [4.69, 9.17) is 0 Å². The SMILES string of the molecule is c1ccc(-n2c3ccncc3c3ccc(-n4c5ccccc5c5c6c7ccccc7c7c8ccccc8sc7c6c6ccccc6c54)cc32)cc1. The van der Waals surface area contributed by atoms with Crippen molar-refractivity contribution in [3.63, 3.8) is 0 Å². The summed E-state index contributed by atoms with van der Waals surface area (Å²) in [5.41, 5.74) is 7.04. The van der Waals surface area contributed by atoms with Crippen LogP contribution in [0, 0.1) is 0 Å². The maximum Gasteiger partial charge on any atom is 0.0626 e. The molecule has 0 amide bonds. The average Bonchev–Trinajstić information content (AvgIpc) is 3.86. The number of hydrogen-bond acceptors (Lipinski definition) is 2. The molecule has 3 nitrogen and oxygen atoms in total. The molecule has 0 atom stereocenters. The fraction of sp³-hybridized carbons (Fsp3) is 0. The zero-order chi connectivity index (χ0) is 33.2. The number of benzene rings is 8. The van der Waals surface area contributed by atoms with E-state index < -0.39 is 0 Å². The molecule has 0 spiro atoms. The Bertz CT molecular complexity index is 3420. The van der Waals surface area contributed by atoms with E-state index in [0.29, 0.717) is 0 Å². The van der Waals surface area contributed by atoms with Crippen molar-refractivity contribution < 1.29 is 0 Å². The monoisotopic (exact) mass is 665 g/mol. The molecule has 0 N–H and O–H groups in total. The van der Waals surface area contributed by atoms with Crippen molar-refractivity contribution in [2.45, 2.75) is 0 Å². The lowest BCUT2D eigenvalue weighted by molar-refractivity contribution is 1.15. The van der Waals surface area contributed by atoms with Gasteiger partial charge in [0.1, 0.15) is 0 Å². The quantitative estimate of drug-likeness (QED) is 0.169. The van der Waals surface area contributed by atoms with Gasteiger partial charge in [0.15, 0.2) is 0 Å². The minimum Gasteiger partial charge on any atom is -0.309 e. The van der Waals surface area contributed by atoms with Crippen LogP contribution in [0.3, 0.4) is 0 Å². The van der Waals surface area contributed by atoms with E-state index in [-0.39, 0.29) is 0 Å². The van der Waals surface area contributed by atoms with Crippen LogP contribution in [0.5, 0.6) is 0 Å². The van der Waals surface area contributed by atoms with E-state index >= 15 is 0 Å². The van der Waals surface area contributed by atoms with Gasteiger partial charge in [-0.3, -0.25) is 4.98 Å². The first kappa shape index (κ1) is 27.3.